The minimum atomic E-state index is -1.54. The molecule has 9 rings (SSSR count). The van der Waals surface area contributed by atoms with Gasteiger partial charge in [0, 0.05) is 33.3 Å². The third-order valence-electron chi connectivity index (χ3n) is 10.3. The minimum absolute atomic E-state index is 0.728. The van der Waals surface area contributed by atoms with Crippen molar-refractivity contribution in [3.63, 3.8) is 0 Å². The number of nitrogens with one attached hydrogen (secondary N) is 1. The largest absolute Gasteiger partial charge is 0.456 e. The van der Waals surface area contributed by atoms with Gasteiger partial charge in [0.05, 0.1) is 33.9 Å². The first-order chi connectivity index (χ1) is 29.0. The van der Waals surface area contributed by atoms with Crippen molar-refractivity contribution in [3.8, 4) is 67.4 Å². The van der Waals surface area contributed by atoms with Gasteiger partial charge in [0.2, 0.25) is 0 Å². The minimum Gasteiger partial charge on any atom is -0.456 e. The molecule has 2 aliphatic heterocycles. The maximum absolute atomic E-state index is 6.93. The Morgan fingerprint density at radius 2 is 0.750 bits per heavy atom. The smallest absolute Gasteiger partial charge is 0.137 e. The van der Waals surface area contributed by atoms with E-state index in [0.29, 0.717) is 0 Å². The van der Waals surface area contributed by atoms with Crippen LogP contribution in [0.3, 0.4) is 0 Å². The summed E-state index contributed by atoms with van der Waals surface area (Å²) < 4.78 is 6.93. The Morgan fingerprint density at radius 1 is 0.400 bits per heavy atom. The molecule has 5 heterocycles. The maximum Gasteiger partial charge on any atom is 0.137 e. The van der Waals surface area contributed by atoms with Crippen LogP contribution < -0.4 is 0 Å². The highest BCUT2D eigenvalue weighted by Gasteiger charge is 2.20. The molecule has 60 heavy (non-hydrogen) atoms. The number of aromatic amines is 1. The van der Waals surface area contributed by atoms with Gasteiger partial charge in [-0.2, -0.15) is 0 Å². The van der Waals surface area contributed by atoms with Crippen LogP contribution >= 0.6 is 0 Å². The third kappa shape index (κ3) is 8.17. The Bertz CT molecular complexity index is 2930. The summed E-state index contributed by atoms with van der Waals surface area (Å²) in [5.74, 6) is 6.85. The van der Waals surface area contributed by atoms with Gasteiger partial charge in [-0.05, 0) is 95.1 Å². The summed E-state index contributed by atoms with van der Waals surface area (Å²) in [6.45, 7) is 13.6. The molecule has 290 valence electrons. The molecule has 3 aromatic heterocycles. The lowest BCUT2D eigenvalue weighted by atomic mass is 10.0. The standard InChI is InChI=1S/C54H45N3OSi2/c1-59(2,3)35-33-37-17-21-41(22-18-37)51-43-25-26-44(55-43)52(42-23-19-38(20-24-42)34-36-60(4,5)6)46-28-30-48(57-46)54(40-15-11-8-12-16-40)50-32-31-49(58-50)53(39-13-9-7-10-14-39)47-29-27-45(51)56-47/h7-32,55H,1-6H3. The second-order valence-electron chi connectivity index (χ2n) is 17.3. The van der Waals surface area contributed by atoms with E-state index in [0.717, 1.165) is 101 Å². The zero-order valence-corrected chi connectivity index (χ0v) is 36.8. The Kier molecular flexibility index (Phi) is 10.1. The summed E-state index contributed by atoms with van der Waals surface area (Å²) in [5.41, 5.74) is 23.7. The molecule has 4 aromatic carbocycles. The number of hydrogen-bond acceptors (Lipinski definition) is 3. The molecule has 8 bridgehead atoms. The van der Waals surface area contributed by atoms with E-state index < -0.39 is 16.1 Å². The number of aromatic nitrogens is 3. The van der Waals surface area contributed by atoms with E-state index in [1.807, 2.05) is 12.1 Å². The van der Waals surface area contributed by atoms with Crippen molar-refractivity contribution in [1.29, 1.82) is 0 Å². The van der Waals surface area contributed by atoms with E-state index in [1.165, 1.54) is 0 Å². The SMILES string of the molecule is C[Si](C)(C)C#Cc1ccc(-c2c3nc(c(-c4ccccc4)c4ccc(o4)c(-c4ccccc4)c4nc(c(-c5ccc(C#C[Si](C)(C)C)cc5)c5ccc2[nH]5)C=C4)C=C3)cc1. The fourth-order valence-electron chi connectivity index (χ4n) is 7.46. The lowest BCUT2D eigenvalue weighted by Crippen LogP contribution is -2.16. The van der Waals surface area contributed by atoms with Crippen LogP contribution in [0.5, 0.6) is 0 Å². The molecular weight excluding hydrogens is 763 g/mol. The monoisotopic (exact) mass is 807 g/mol. The van der Waals surface area contributed by atoms with Gasteiger partial charge in [-0.25, -0.2) is 9.97 Å². The second-order valence-corrected chi connectivity index (χ2v) is 26.8. The number of nitrogens with zero attached hydrogens (tertiary/aromatic N) is 2. The second kappa shape index (κ2) is 15.7. The highest BCUT2D eigenvalue weighted by Crippen LogP contribution is 2.39. The van der Waals surface area contributed by atoms with Crippen molar-refractivity contribution >= 4 is 62.7 Å². The Hall–Kier alpha value is -6.97. The van der Waals surface area contributed by atoms with Gasteiger partial charge in [0.25, 0.3) is 0 Å². The number of furan rings is 1. The summed E-state index contributed by atoms with van der Waals surface area (Å²) in [6, 6.07) is 46.3. The molecule has 0 radical (unpaired) electrons. The number of fused-ring (bicyclic) bond motifs is 8. The van der Waals surface area contributed by atoms with E-state index >= 15 is 0 Å². The number of rotatable bonds is 4. The molecule has 2 aliphatic rings. The Morgan fingerprint density at radius 3 is 1.12 bits per heavy atom. The molecule has 0 amide bonds. The molecule has 0 unspecified atom stereocenters. The molecule has 4 nitrogen and oxygen atoms in total. The number of benzene rings is 4. The van der Waals surface area contributed by atoms with Gasteiger partial charge < -0.3 is 9.40 Å². The number of H-pyrrole nitrogens is 1. The van der Waals surface area contributed by atoms with Crippen LogP contribution in [0.25, 0.3) is 91.0 Å². The van der Waals surface area contributed by atoms with Crippen LogP contribution in [0.15, 0.2) is 138 Å². The van der Waals surface area contributed by atoms with E-state index in [-0.39, 0.29) is 0 Å². The van der Waals surface area contributed by atoms with Crippen LogP contribution in [0.4, 0.5) is 0 Å². The lowest BCUT2D eigenvalue weighted by Gasteiger charge is -2.07. The quantitative estimate of drug-likeness (QED) is 0.142. The van der Waals surface area contributed by atoms with Crippen molar-refractivity contribution in [2.75, 3.05) is 0 Å². The van der Waals surface area contributed by atoms with Crippen molar-refractivity contribution in [1.82, 2.24) is 15.0 Å². The molecule has 0 saturated heterocycles. The third-order valence-corrected chi connectivity index (χ3v) is 12.0. The predicted molar refractivity (Wildman–Crippen MR) is 259 cm³/mol. The number of hydrogen-bond donors (Lipinski definition) is 1. The average molecular weight is 808 g/mol. The van der Waals surface area contributed by atoms with E-state index in [9.17, 15) is 0 Å². The van der Waals surface area contributed by atoms with Crippen LogP contribution in [-0.2, 0) is 0 Å². The highest BCUT2D eigenvalue weighted by molar-refractivity contribution is 6.84. The topological polar surface area (TPSA) is 54.7 Å². The van der Waals surface area contributed by atoms with Crippen LogP contribution in [0.1, 0.15) is 33.9 Å². The normalized spacial score (nSPS) is 12.1. The fourth-order valence-corrected chi connectivity index (χ4v) is 8.50. The van der Waals surface area contributed by atoms with Crippen LogP contribution in [-0.4, -0.2) is 31.1 Å². The highest BCUT2D eigenvalue weighted by atomic mass is 28.3. The first-order valence-electron chi connectivity index (χ1n) is 20.4. The summed E-state index contributed by atoms with van der Waals surface area (Å²) in [5, 5.41) is 0. The Balaban J connectivity index is 1.38. The zero-order chi connectivity index (χ0) is 41.4. The predicted octanol–water partition coefficient (Wildman–Crippen LogP) is 14.0. The molecule has 7 aromatic rings. The van der Waals surface area contributed by atoms with Crippen LogP contribution in [0, 0.1) is 22.9 Å². The van der Waals surface area contributed by atoms with E-state index in [2.05, 4.69) is 213 Å². The lowest BCUT2D eigenvalue weighted by molar-refractivity contribution is 0.667. The van der Waals surface area contributed by atoms with Crippen LogP contribution in [0.2, 0.25) is 39.3 Å². The summed E-state index contributed by atoms with van der Waals surface area (Å²) in [4.78, 5) is 14.7. The molecule has 6 heteroatoms. The van der Waals surface area contributed by atoms with E-state index in [4.69, 9.17) is 14.4 Å². The maximum atomic E-state index is 6.93. The van der Waals surface area contributed by atoms with Gasteiger partial charge in [0.1, 0.15) is 27.3 Å². The van der Waals surface area contributed by atoms with Gasteiger partial charge in [-0.1, -0.05) is 136 Å². The Labute approximate surface area is 354 Å². The van der Waals surface area contributed by atoms with Crippen molar-refractivity contribution in [2.24, 2.45) is 0 Å². The van der Waals surface area contributed by atoms with Gasteiger partial charge >= 0.3 is 0 Å². The first kappa shape index (κ1) is 38.5. The average Bonchev–Trinajstić information content (AvgIpc) is 4.09. The first-order valence-corrected chi connectivity index (χ1v) is 27.4. The summed E-state index contributed by atoms with van der Waals surface area (Å²) >= 11 is 0. The van der Waals surface area contributed by atoms with Gasteiger partial charge in [-0.15, -0.1) is 11.1 Å². The molecule has 1 N–H and O–H groups in total. The summed E-state index contributed by atoms with van der Waals surface area (Å²) in [6.07, 6.45) is 8.44. The zero-order valence-electron chi connectivity index (χ0n) is 34.8. The van der Waals surface area contributed by atoms with Gasteiger partial charge in [-0.3, -0.25) is 0 Å². The molecular formula is C54H45N3OSi2. The van der Waals surface area contributed by atoms with Crippen molar-refractivity contribution in [3.05, 3.63) is 167 Å². The van der Waals surface area contributed by atoms with Crippen molar-refractivity contribution in [2.45, 2.75) is 39.3 Å². The molecule has 0 atom stereocenters. The molecule has 0 aliphatic carbocycles. The fraction of sp³-hybridized carbons (Fsp3) is 0.111. The van der Waals surface area contributed by atoms with Gasteiger partial charge in [0.15, 0.2) is 0 Å². The summed E-state index contributed by atoms with van der Waals surface area (Å²) in [7, 11) is -3.08. The van der Waals surface area contributed by atoms with E-state index in [1.54, 1.807) is 0 Å². The van der Waals surface area contributed by atoms with Crippen molar-refractivity contribution < 1.29 is 4.42 Å². The molecule has 0 fully saturated rings. The molecule has 0 saturated carbocycles. The molecule has 0 spiro atoms.